The summed E-state index contributed by atoms with van der Waals surface area (Å²) in [5, 5.41) is 10.6. The van der Waals surface area contributed by atoms with Gasteiger partial charge in [0.05, 0.1) is 26.4 Å². The molecule has 0 aliphatic rings. The molecule has 0 aromatic rings. The second kappa shape index (κ2) is 57.9. The van der Waals surface area contributed by atoms with Crippen LogP contribution < -0.4 is 0 Å². The summed E-state index contributed by atoms with van der Waals surface area (Å²) in [5.74, 6) is 0.793. The highest BCUT2D eigenvalue weighted by Gasteiger charge is 2.30. The molecule has 0 saturated heterocycles. The zero-order valence-electron chi connectivity index (χ0n) is 56.6. The van der Waals surface area contributed by atoms with Crippen LogP contribution in [0.2, 0.25) is 0 Å². The minimum absolute atomic E-state index is 0.102. The Kier molecular flexibility index (Phi) is 56.6. The topological polar surface area (TPSA) is 237 Å². The Labute approximate surface area is 530 Å². The van der Waals surface area contributed by atoms with Crippen LogP contribution in [0.5, 0.6) is 0 Å². The Bertz CT molecular complexity index is 1730. The minimum atomic E-state index is -4.95. The van der Waals surface area contributed by atoms with Crippen LogP contribution >= 0.6 is 15.6 Å². The Morgan fingerprint density at radius 3 is 0.816 bits per heavy atom. The molecule has 0 rings (SSSR count). The van der Waals surface area contributed by atoms with Crippen LogP contribution in [-0.2, 0) is 65.4 Å². The van der Waals surface area contributed by atoms with Gasteiger partial charge in [-0.1, -0.05) is 280 Å². The fourth-order valence-electron chi connectivity index (χ4n) is 10.1. The van der Waals surface area contributed by atoms with Crippen LogP contribution in [0.1, 0.15) is 331 Å². The van der Waals surface area contributed by atoms with E-state index in [4.69, 9.17) is 37.0 Å². The monoisotopic (exact) mass is 1280 g/mol. The summed E-state index contributed by atoms with van der Waals surface area (Å²) in [5.41, 5.74) is 0. The molecule has 0 radical (unpaired) electrons. The van der Waals surface area contributed by atoms with Crippen molar-refractivity contribution in [1.29, 1.82) is 0 Å². The fraction of sp³-hybridized carbons (Fsp3) is 0.941. The molecule has 0 aromatic carbocycles. The number of phosphoric ester groups is 2. The average Bonchev–Trinajstić information content (AvgIpc) is 3.64. The van der Waals surface area contributed by atoms with Crippen molar-refractivity contribution in [3.63, 3.8) is 0 Å². The summed E-state index contributed by atoms with van der Waals surface area (Å²) in [6, 6.07) is 0. The van der Waals surface area contributed by atoms with E-state index in [0.717, 1.165) is 114 Å². The Morgan fingerprint density at radius 1 is 0.322 bits per heavy atom. The molecule has 0 bridgehead atoms. The van der Waals surface area contributed by atoms with Gasteiger partial charge < -0.3 is 33.8 Å². The summed E-state index contributed by atoms with van der Waals surface area (Å²) in [7, 11) is -9.90. The number of hydrogen-bond acceptors (Lipinski definition) is 15. The lowest BCUT2D eigenvalue weighted by atomic mass is 10.00. The number of aliphatic hydroxyl groups is 1. The van der Waals surface area contributed by atoms with Crippen molar-refractivity contribution in [2.24, 2.45) is 23.7 Å². The summed E-state index contributed by atoms with van der Waals surface area (Å²) >= 11 is 0. The fourth-order valence-corrected chi connectivity index (χ4v) is 11.7. The molecule has 0 spiro atoms. The Hall–Kier alpha value is -1.94. The van der Waals surface area contributed by atoms with E-state index < -0.39 is 97.5 Å². The first-order chi connectivity index (χ1) is 41.6. The minimum Gasteiger partial charge on any atom is -0.462 e. The Morgan fingerprint density at radius 2 is 0.552 bits per heavy atom. The lowest BCUT2D eigenvalue weighted by Crippen LogP contribution is -2.30. The molecule has 0 aromatic heterocycles. The molecule has 3 N–H and O–H groups in total. The van der Waals surface area contributed by atoms with E-state index in [1.807, 2.05) is 0 Å². The van der Waals surface area contributed by atoms with E-state index in [-0.39, 0.29) is 25.7 Å². The third-order valence-corrected chi connectivity index (χ3v) is 17.8. The van der Waals surface area contributed by atoms with Crippen LogP contribution in [-0.4, -0.2) is 96.7 Å². The first-order valence-electron chi connectivity index (χ1n) is 35.2. The maximum Gasteiger partial charge on any atom is 0.472 e. The number of esters is 4. The van der Waals surface area contributed by atoms with Gasteiger partial charge in [0.25, 0.3) is 0 Å². The number of carbonyl (C=O) groups is 4. The SMILES string of the molecule is CCC(C)CCCCCCCCC(=O)O[C@H](COC(=O)CCCCCCCCCCCC(C)C)COP(=O)(O)OC[C@@H](O)COP(=O)(O)OC[C@@H](COC(=O)CCCCCCCCC(C)C)OC(=O)CCCCCCCCCCCCCCCC(C)C. The zero-order valence-corrected chi connectivity index (χ0v) is 58.4. The van der Waals surface area contributed by atoms with Crippen molar-refractivity contribution in [3.05, 3.63) is 0 Å². The van der Waals surface area contributed by atoms with Crippen molar-refractivity contribution < 1.29 is 80.2 Å². The third kappa shape index (κ3) is 61.3. The van der Waals surface area contributed by atoms with Crippen molar-refractivity contribution in [2.75, 3.05) is 39.6 Å². The third-order valence-electron chi connectivity index (χ3n) is 15.9. The van der Waals surface area contributed by atoms with Gasteiger partial charge in [0, 0.05) is 25.7 Å². The largest absolute Gasteiger partial charge is 0.472 e. The summed E-state index contributed by atoms with van der Waals surface area (Å²) in [6.45, 7) is 14.0. The van der Waals surface area contributed by atoms with Crippen molar-refractivity contribution in [2.45, 2.75) is 350 Å². The standard InChI is InChI=1S/C68H132O17P2/c1-9-61(8)47-39-31-25-27-35-43-51-68(73)85-64(54-78-65(70)48-40-32-22-19-15-17-21-29-37-45-59(4)5)57-83-87(76,77)81-53-62(69)52-80-86(74,75)82-56-63(55-79-66(71)49-41-33-26-24-30-38-46-60(6)7)84-67(72)50-42-34-23-18-14-12-10-11-13-16-20-28-36-44-58(2)3/h58-64,69H,9-57H2,1-8H3,(H,74,75)(H,76,77)/t61?,62-,63+,64+/m0/s1. The van der Waals surface area contributed by atoms with Gasteiger partial charge in [0.15, 0.2) is 12.2 Å². The molecule has 0 aliphatic carbocycles. The van der Waals surface area contributed by atoms with Gasteiger partial charge in [-0.3, -0.25) is 37.3 Å². The summed E-state index contributed by atoms with van der Waals surface area (Å²) < 4.78 is 68.1. The van der Waals surface area contributed by atoms with Gasteiger partial charge in [0.1, 0.15) is 19.3 Å². The van der Waals surface area contributed by atoms with Gasteiger partial charge in [0.2, 0.25) is 0 Å². The maximum atomic E-state index is 13.0. The normalized spacial score (nSPS) is 14.6. The van der Waals surface area contributed by atoms with Crippen LogP contribution in [0.25, 0.3) is 0 Å². The molecule has 0 aliphatic heterocycles. The molecule has 19 heteroatoms. The number of phosphoric acid groups is 2. The van der Waals surface area contributed by atoms with E-state index in [1.54, 1.807) is 0 Å². The quantitative estimate of drug-likeness (QED) is 0.0222. The summed E-state index contributed by atoms with van der Waals surface area (Å²) in [4.78, 5) is 72.4. The molecule has 17 nitrogen and oxygen atoms in total. The molecule has 0 saturated carbocycles. The van der Waals surface area contributed by atoms with E-state index >= 15 is 0 Å². The molecular weight excluding hydrogens is 1150 g/mol. The lowest BCUT2D eigenvalue weighted by molar-refractivity contribution is -0.161. The van der Waals surface area contributed by atoms with Gasteiger partial charge in [-0.15, -0.1) is 0 Å². The second-order valence-corrected chi connectivity index (χ2v) is 29.1. The smallest absolute Gasteiger partial charge is 0.462 e. The molecule has 516 valence electrons. The van der Waals surface area contributed by atoms with Gasteiger partial charge in [-0.05, 0) is 49.4 Å². The molecule has 0 heterocycles. The van der Waals surface area contributed by atoms with E-state index in [9.17, 15) is 43.2 Å². The average molecular weight is 1280 g/mol. The number of aliphatic hydroxyl groups excluding tert-OH is 1. The van der Waals surface area contributed by atoms with E-state index in [2.05, 4.69) is 55.4 Å². The van der Waals surface area contributed by atoms with Crippen LogP contribution in [0.3, 0.4) is 0 Å². The van der Waals surface area contributed by atoms with Crippen molar-refractivity contribution >= 4 is 39.5 Å². The van der Waals surface area contributed by atoms with Crippen LogP contribution in [0, 0.1) is 23.7 Å². The molecule has 0 amide bonds. The first kappa shape index (κ1) is 85.1. The molecule has 87 heavy (non-hydrogen) atoms. The van der Waals surface area contributed by atoms with E-state index in [1.165, 1.54) is 128 Å². The van der Waals surface area contributed by atoms with Gasteiger partial charge in [-0.2, -0.15) is 0 Å². The van der Waals surface area contributed by atoms with Crippen LogP contribution in [0.15, 0.2) is 0 Å². The number of unbranched alkanes of at least 4 members (excludes halogenated alkanes) is 30. The first-order valence-corrected chi connectivity index (χ1v) is 38.2. The van der Waals surface area contributed by atoms with Gasteiger partial charge in [-0.25, -0.2) is 9.13 Å². The zero-order chi connectivity index (χ0) is 64.7. The highest BCUT2D eigenvalue weighted by atomic mass is 31.2. The lowest BCUT2D eigenvalue weighted by Gasteiger charge is -2.21. The summed E-state index contributed by atoms with van der Waals surface area (Å²) in [6.07, 6.45) is 39.1. The van der Waals surface area contributed by atoms with Crippen LogP contribution in [0.4, 0.5) is 0 Å². The van der Waals surface area contributed by atoms with Gasteiger partial charge >= 0.3 is 39.5 Å². The van der Waals surface area contributed by atoms with Crippen molar-refractivity contribution in [1.82, 2.24) is 0 Å². The predicted molar refractivity (Wildman–Crippen MR) is 349 cm³/mol. The van der Waals surface area contributed by atoms with E-state index in [0.29, 0.717) is 31.6 Å². The van der Waals surface area contributed by atoms with Crippen molar-refractivity contribution in [3.8, 4) is 0 Å². The number of ether oxygens (including phenoxy) is 4. The number of carbonyl (C=O) groups excluding carboxylic acids is 4. The molecule has 3 unspecified atom stereocenters. The highest BCUT2D eigenvalue weighted by Crippen LogP contribution is 2.45. The second-order valence-electron chi connectivity index (χ2n) is 26.2. The predicted octanol–water partition coefficient (Wildman–Crippen LogP) is 18.9. The number of rotatable bonds is 65. The Balaban J connectivity index is 5.23. The number of hydrogen-bond donors (Lipinski definition) is 3. The molecule has 0 fully saturated rings. The maximum absolute atomic E-state index is 13.0. The highest BCUT2D eigenvalue weighted by molar-refractivity contribution is 7.47. The molecular formula is C68H132O17P2. The molecule has 6 atom stereocenters.